The van der Waals surface area contributed by atoms with Crippen molar-refractivity contribution in [3.8, 4) is 45.4 Å². The van der Waals surface area contributed by atoms with Crippen molar-refractivity contribution in [2.75, 3.05) is 0 Å². The van der Waals surface area contributed by atoms with Gasteiger partial charge < -0.3 is 4.42 Å². The van der Waals surface area contributed by atoms with Crippen molar-refractivity contribution in [3.63, 3.8) is 0 Å². The molecule has 0 aliphatic carbocycles. The SMILES string of the molecule is Clc1cc2oc3ccccc3c2c(-c2cccc(-c3nc(-c4ccccc4)nc(-c4ccccc4)n3)c2)n1. The summed E-state index contributed by atoms with van der Waals surface area (Å²) in [4.78, 5) is 19.2. The molecule has 4 aromatic carbocycles. The van der Waals surface area contributed by atoms with Crippen LogP contribution in [0.25, 0.3) is 67.4 Å². The molecule has 0 unspecified atom stereocenters. The zero-order valence-electron chi connectivity index (χ0n) is 20.0. The van der Waals surface area contributed by atoms with Crippen molar-refractivity contribution in [3.05, 3.63) is 120 Å². The summed E-state index contributed by atoms with van der Waals surface area (Å²) in [6, 6.07) is 37.6. The van der Waals surface area contributed by atoms with Gasteiger partial charge in [-0.15, -0.1) is 0 Å². The highest BCUT2D eigenvalue weighted by atomic mass is 35.5. The standard InChI is InChI=1S/C32H19ClN4O/c33-27-19-26-28(24-16-7-8-17-25(24)38-26)29(34-27)22-14-9-15-23(18-22)32-36-30(20-10-3-1-4-11-20)35-31(37-32)21-12-5-2-6-13-21/h1-19H. The minimum atomic E-state index is 0.370. The van der Waals surface area contributed by atoms with E-state index in [0.717, 1.165) is 44.3 Å². The van der Waals surface area contributed by atoms with Crippen molar-refractivity contribution in [2.45, 2.75) is 0 Å². The van der Waals surface area contributed by atoms with Gasteiger partial charge in [-0.25, -0.2) is 19.9 Å². The van der Waals surface area contributed by atoms with E-state index in [1.54, 1.807) is 6.07 Å². The topological polar surface area (TPSA) is 64.7 Å². The fourth-order valence-electron chi connectivity index (χ4n) is 4.67. The van der Waals surface area contributed by atoms with Crippen molar-refractivity contribution in [1.29, 1.82) is 0 Å². The number of hydrogen-bond acceptors (Lipinski definition) is 5. The second-order valence-corrected chi connectivity index (χ2v) is 9.27. The first-order chi connectivity index (χ1) is 18.7. The van der Waals surface area contributed by atoms with Crippen LogP contribution in [-0.2, 0) is 0 Å². The molecule has 0 bridgehead atoms. The van der Waals surface area contributed by atoms with Crippen molar-refractivity contribution >= 4 is 33.5 Å². The summed E-state index contributed by atoms with van der Waals surface area (Å²) < 4.78 is 6.08. The molecule has 0 amide bonds. The number of fused-ring (bicyclic) bond motifs is 3. The Balaban J connectivity index is 1.43. The van der Waals surface area contributed by atoms with Gasteiger partial charge in [0, 0.05) is 33.7 Å². The highest BCUT2D eigenvalue weighted by molar-refractivity contribution is 6.30. The van der Waals surface area contributed by atoms with Crippen LogP contribution in [0.2, 0.25) is 5.15 Å². The normalized spacial score (nSPS) is 11.3. The van der Waals surface area contributed by atoms with Crippen LogP contribution in [0.1, 0.15) is 0 Å². The number of halogens is 1. The van der Waals surface area contributed by atoms with Crippen LogP contribution in [-0.4, -0.2) is 19.9 Å². The van der Waals surface area contributed by atoms with Crippen LogP contribution >= 0.6 is 11.6 Å². The zero-order chi connectivity index (χ0) is 25.5. The van der Waals surface area contributed by atoms with E-state index in [9.17, 15) is 0 Å². The largest absolute Gasteiger partial charge is 0.456 e. The van der Waals surface area contributed by atoms with Crippen molar-refractivity contribution in [2.24, 2.45) is 0 Å². The molecule has 0 aliphatic heterocycles. The number of rotatable bonds is 4. The van der Waals surface area contributed by atoms with E-state index >= 15 is 0 Å². The predicted molar refractivity (Wildman–Crippen MR) is 152 cm³/mol. The van der Waals surface area contributed by atoms with Crippen LogP contribution in [0.3, 0.4) is 0 Å². The first kappa shape index (κ1) is 22.3. The van der Waals surface area contributed by atoms with Gasteiger partial charge in [0.25, 0.3) is 0 Å². The molecule has 6 heteroatoms. The number of aromatic nitrogens is 4. The van der Waals surface area contributed by atoms with Gasteiger partial charge >= 0.3 is 0 Å². The molecular formula is C32H19ClN4O. The quantitative estimate of drug-likeness (QED) is 0.222. The lowest BCUT2D eigenvalue weighted by Crippen LogP contribution is -2.00. The van der Waals surface area contributed by atoms with Crippen LogP contribution in [0.15, 0.2) is 120 Å². The molecule has 7 aromatic rings. The third-order valence-electron chi connectivity index (χ3n) is 6.42. The van der Waals surface area contributed by atoms with Crippen molar-refractivity contribution < 1.29 is 4.42 Å². The van der Waals surface area contributed by atoms with E-state index in [1.165, 1.54) is 0 Å². The molecular weight excluding hydrogens is 492 g/mol. The Hall–Kier alpha value is -4.87. The van der Waals surface area contributed by atoms with Crippen LogP contribution in [0.5, 0.6) is 0 Å². The Kier molecular flexibility index (Phi) is 5.42. The Morgan fingerprint density at radius 3 is 1.71 bits per heavy atom. The second kappa shape index (κ2) is 9.21. The van der Waals surface area contributed by atoms with E-state index < -0.39 is 0 Å². The fourth-order valence-corrected chi connectivity index (χ4v) is 4.85. The van der Waals surface area contributed by atoms with Gasteiger partial charge in [-0.05, 0) is 12.1 Å². The Labute approximate surface area is 223 Å². The van der Waals surface area contributed by atoms with Gasteiger partial charge in [-0.3, -0.25) is 0 Å². The second-order valence-electron chi connectivity index (χ2n) is 8.88. The highest BCUT2D eigenvalue weighted by Gasteiger charge is 2.17. The molecule has 0 fully saturated rings. The smallest absolute Gasteiger partial charge is 0.164 e. The molecule has 0 saturated heterocycles. The molecule has 0 N–H and O–H groups in total. The van der Waals surface area contributed by atoms with Crippen LogP contribution in [0.4, 0.5) is 0 Å². The maximum absolute atomic E-state index is 6.43. The number of hydrogen-bond donors (Lipinski definition) is 0. The van der Waals surface area contributed by atoms with E-state index in [-0.39, 0.29) is 0 Å². The third kappa shape index (κ3) is 3.99. The number of benzene rings is 4. The monoisotopic (exact) mass is 510 g/mol. The summed E-state index contributed by atoms with van der Waals surface area (Å²) in [5.41, 5.74) is 5.83. The molecule has 3 heterocycles. The van der Waals surface area contributed by atoms with Gasteiger partial charge in [-0.1, -0.05) is 109 Å². The number of nitrogens with zero attached hydrogens (tertiary/aromatic N) is 4. The minimum absolute atomic E-state index is 0.370. The van der Waals surface area contributed by atoms with Crippen LogP contribution in [0, 0.1) is 0 Å². The van der Waals surface area contributed by atoms with Gasteiger partial charge in [-0.2, -0.15) is 0 Å². The average molecular weight is 511 g/mol. The molecule has 7 rings (SSSR count). The van der Waals surface area contributed by atoms with E-state index in [0.29, 0.717) is 28.2 Å². The number of furan rings is 1. The first-order valence-corrected chi connectivity index (χ1v) is 12.6. The van der Waals surface area contributed by atoms with Crippen molar-refractivity contribution in [1.82, 2.24) is 19.9 Å². The molecule has 0 aliphatic rings. The lowest BCUT2D eigenvalue weighted by Gasteiger charge is -2.10. The number of pyridine rings is 1. The lowest BCUT2D eigenvalue weighted by atomic mass is 10.0. The molecule has 38 heavy (non-hydrogen) atoms. The summed E-state index contributed by atoms with van der Waals surface area (Å²) in [5, 5.41) is 2.28. The van der Waals surface area contributed by atoms with Gasteiger partial charge in [0.15, 0.2) is 17.5 Å². The summed E-state index contributed by atoms with van der Waals surface area (Å²) in [6.07, 6.45) is 0. The minimum Gasteiger partial charge on any atom is -0.456 e. The highest BCUT2D eigenvalue weighted by Crippen LogP contribution is 2.37. The Morgan fingerprint density at radius 2 is 1.03 bits per heavy atom. The maximum Gasteiger partial charge on any atom is 0.164 e. The van der Waals surface area contributed by atoms with E-state index in [4.69, 9.17) is 36.0 Å². The molecule has 5 nitrogen and oxygen atoms in total. The van der Waals surface area contributed by atoms with E-state index in [2.05, 4.69) is 0 Å². The number of para-hydroxylation sites is 1. The lowest BCUT2D eigenvalue weighted by molar-refractivity contribution is 0.668. The first-order valence-electron chi connectivity index (χ1n) is 12.2. The summed E-state index contributed by atoms with van der Waals surface area (Å²) in [5.74, 6) is 1.81. The Morgan fingerprint density at radius 1 is 0.474 bits per heavy atom. The summed E-state index contributed by atoms with van der Waals surface area (Å²) >= 11 is 6.43. The average Bonchev–Trinajstić information content (AvgIpc) is 3.35. The third-order valence-corrected chi connectivity index (χ3v) is 6.62. The summed E-state index contributed by atoms with van der Waals surface area (Å²) in [7, 11) is 0. The summed E-state index contributed by atoms with van der Waals surface area (Å²) in [6.45, 7) is 0. The predicted octanol–water partition coefficient (Wildman–Crippen LogP) is 8.49. The van der Waals surface area contributed by atoms with E-state index in [1.807, 2.05) is 109 Å². The van der Waals surface area contributed by atoms with Gasteiger partial charge in [0.2, 0.25) is 0 Å². The molecule has 3 aromatic heterocycles. The van der Waals surface area contributed by atoms with Gasteiger partial charge in [0.05, 0.1) is 11.1 Å². The molecule has 0 atom stereocenters. The fraction of sp³-hybridized carbons (Fsp3) is 0. The maximum atomic E-state index is 6.43. The molecule has 0 spiro atoms. The van der Waals surface area contributed by atoms with Crippen LogP contribution < -0.4 is 0 Å². The zero-order valence-corrected chi connectivity index (χ0v) is 20.8. The Bertz CT molecular complexity index is 1880. The van der Waals surface area contributed by atoms with Gasteiger partial charge in [0.1, 0.15) is 16.3 Å². The molecule has 180 valence electrons. The molecule has 0 radical (unpaired) electrons. The molecule has 0 saturated carbocycles.